The van der Waals surface area contributed by atoms with Crippen LogP contribution in [0.1, 0.15) is 13.8 Å². The number of benzene rings is 1. The quantitative estimate of drug-likeness (QED) is 0.588. The van der Waals surface area contributed by atoms with Gasteiger partial charge < -0.3 is 4.90 Å². The summed E-state index contributed by atoms with van der Waals surface area (Å²) in [5.41, 5.74) is -0.0139. The highest BCUT2D eigenvalue weighted by molar-refractivity contribution is 5.64. The van der Waals surface area contributed by atoms with Gasteiger partial charge in [0.05, 0.1) is 4.92 Å². The van der Waals surface area contributed by atoms with Crippen molar-refractivity contribution in [2.75, 3.05) is 18.0 Å². The van der Waals surface area contributed by atoms with Gasteiger partial charge in [-0.1, -0.05) is 19.9 Å². The van der Waals surface area contributed by atoms with E-state index in [2.05, 4.69) is 13.8 Å². The number of hydrogen-bond acceptors (Lipinski definition) is 3. The number of rotatable bonds is 2. The van der Waals surface area contributed by atoms with Crippen LogP contribution < -0.4 is 4.90 Å². The lowest BCUT2D eigenvalue weighted by Crippen LogP contribution is -2.21. The Morgan fingerprint density at radius 2 is 1.94 bits per heavy atom. The number of nitro benzene ring substituents is 1. The first-order chi connectivity index (χ1) is 8.00. The standard InChI is InChI=1S/C12H15FN2O2/c1-8-6-14(7-9(8)2)11-5-3-4-10(13)12(11)15(16)17/h3-5,8-9H,6-7H2,1-2H3. The van der Waals surface area contributed by atoms with Crippen LogP contribution in [0.3, 0.4) is 0 Å². The molecule has 0 amide bonds. The largest absolute Gasteiger partial charge is 0.365 e. The lowest BCUT2D eigenvalue weighted by molar-refractivity contribution is -0.386. The molecule has 4 nitrogen and oxygen atoms in total. The molecular weight excluding hydrogens is 223 g/mol. The van der Waals surface area contributed by atoms with E-state index in [0.29, 0.717) is 17.5 Å². The molecule has 0 aromatic heterocycles. The first-order valence-electron chi connectivity index (χ1n) is 5.68. The lowest BCUT2D eigenvalue weighted by atomic mass is 10.0. The first-order valence-corrected chi connectivity index (χ1v) is 5.68. The van der Waals surface area contributed by atoms with Crippen LogP contribution in [0, 0.1) is 27.8 Å². The zero-order valence-electron chi connectivity index (χ0n) is 9.89. The van der Waals surface area contributed by atoms with Crippen LogP contribution in [0.4, 0.5) is 15.8 Å². The van der Waals surface area contributed by atoms with Crippen LogP contribution in [-0.4, -0.2) is 18.0 Å². The fraction of sp³-hybridized carbons (Fsp3) is 0.500. The highest BCUT2D eigenvalue weighted by Gasteiger charge is 2.31. The number of halogens is 1. The third kappa shape index (κ3) is 2.09. The topological polar surface area (TPSA) is 46.4 Å². The third-order valence-corrected chi connectivity index (χ3v) is 3.48. The van der Waals surface area contributed by atoms with Gasteiger partial charge in [-0.05, 0) is 24.0 Å². The number of para-hydroxylation sites is 1. The SMILES string of the molecule is CC1CN(c2cccc(F)c2[N+](=O)[O-])CC1C. The second-order valence-corrected chi connectivity index (χ2v) is 4.72. The van der Waals surface area contributed by atoms with Crippen molar-refractivity contribution in [3.05, 3.63) is 34.1 Å². The molecule has 1 aromatic carbocycles. The van der Waals surface area contributed by atoms with Crippen LogP contribution in [0.2, 0.25) is 0 Å². The molecule has 2 atom stereocenters. The van der Waals surface area contributed by atoms with Gasteiger partial charge in [-0.2, -0.15) is 4.39 Å². The number of nitro groups is 1. The summed E-state index contributed by atoms with van der Waals surface area (Å²) in [6, 6.07) is 4.27. The summed E-state index contributed by atoms with van der Waals surface area (Å²) in [7, 11) is 0. The molecule has 1 aliphatic rings. The van der Waals surface area contributed by atoms with E-state index in [4.69, 9.17) is 0 Å². The number of anilines is 1. The van der Waals surface area contributed by atoms with Crippen molar-refractivity contribution >= 4 is 11.4 Å². The van der Waals surface area contributed by atoms with Crippen molar-refractivity contribution in [2.45, 2.75) is 13.8 Å². The second-order valence-electron chi connectivity index (χ2n) is 4.72. The van der Waals surface area contributed by atoms with Crippen molar-refractivity contribution < 1.29 is 9.31 Å². The molecule has 1 heterocycles. The number of nitrogens with zero attached hydrogens (tertiary/aromatic N) is 2. The Hall–Kier alpha value is -1.65. The highest BCUT2D eigenvalue weighted by atomic mass is 19.1. The maximum Gasteiger partial charge on any atom is 0.327 e. The monoisotopic (exact) mass is 238 g/mol. The lowest BCUT2D eigenvalue weighted by Gasteiger charge is -2.18. The molecule has 1 saturated heterocycles. The van der Waals surface area contributed by atoms with E-state index in [1.165, 1.54) is 6.07 Å². The van der Waals surface area contributed by atoms with E-state index >= 15 is 0 Å². The highest BCUT2D eigenvalue weighted by Crippen LogP contribution is 2.35. The van der Waals surface area contributed by atoms with E-state index in [0.717, 1.165) is 19.2 Å². The zero-order valence-corrected chi connectivity index (χ0v) is 9.89. The Morgan fingerprint density at radius 3 is 2.47 bits per heavy atom. The molecule has 0 radical (unpaired) electrons. The molecule has 2 unspecified atom stereocenters. The number of hydrogen-bond donors (Lipinski definition) is 0. The van der Waals surface area contributed by atoms with Crippen LogP contribution in [0.25, 0.3) is 0 Å². The van der Waals surface area contributed by atoms with E-state index in [1.54, 1.807) is 6.07 Å². The summed E-state index contributed by atoms with van der Waals surface area (Å²) < 4.78 is 13.5. The molecule has 0 N–H and O–H groups in total. The summed E-state index contributed by atoms with van der Waals surface area (Å²) in [6.07, 6.45) is 0. The van der Waals surface area contributed by atoms with Gasteiger partial charge in [0, 0.05) is 13.1 Å². The maximum atomic E-state index is 13.5. The van der Waals surface area contributed by atoms with Crippen molar-refractivity contribution in [2.24, 2.45) is 11.8 Å². The summed E-state index contributed by atoms with van der Waals surface area (Å²) in [5, 5.41) is 10.9. The molecule has 1 fully saturated rings. The Kier molecular flexibility index (Phi) is 3.00. The molecule has 1 aliphatic heterocycles. The Bertz CT molecular complexity index is 440. The first kappa shape index (κ1) is 11.8. The third-order valence-electron chi connectivity index (χ3n) is 3.48. The van der Waals surface area contributed by atoms with E-state index in [1.807, 2.05) is 4.90 Å². The van der Waals surface area contributed by atoms with Gasteiger partial charge in [-0.3, -0.25) is 10.1 Å². The van der Waals surface area contributed by atoms with E-state index < -0.39 is 16.4 Å². The Morgan fingerprint density at radius 1 is 1.35 bits per heavy atom. The van der Waals surface area contributed by atoms with Gasteiger partial charge in [0.1, 0.15) is 5.69 Å². The molecule has 0 aliphatic carbocycles. The molecular formula is C12H15FN2O2. The van der Waals surface area contributed by atoms with Crippen LogP contribution in [0.5, 0.6) is 0 Å². The molecule has 1 aromatic rings. The van der Waals surface area contributed by atoms with Crippen molar-refractivity contribution in [1.29, 1.82) is 0 Å². The van der Waals surface area contributed by atoms with E-state index in [-0.39, 0.29) is 0 Å². The molecule has 5 heteroatoms. The fourth-order valence-corrected chi connectivity index (χ4v) is 2.27. The van der Waals surface area contributed by atoms with Gasteiger partial charge >= 0.3 is 5.69 Å². The van der Waals surface area contributed by atoms with E-state index in [9.17, 15) is 14.5 Å². The predicted molar refractivity (Wildman–Crippen MR) is 63.6 cm³/mol. The molecule has 92 valence electrons. The normalized spacial score (nSPS) is 24.1. The van der Waals surface area contributed by atoms with Gasteiger partial charge in [0.2, 0.25) is 5.82 Å². The van der Waals surface area contributed by atoms with Crippen LogP contribution in [-0.2, 0) is 0 Å². The van der Waals surface area contributed by atoms with Crippen molar-refractivity contribution in [1.82, 2.24) is 0 Å². The van der Waals surface area contributed by atoms with Gasteiger partial charge in [0.15, 0.2) is 0 Å². The predicted octanol–water partition coefficient (Wildman–Crippen LogP) is 2.83. The maximum absolute atomic E-state index is 13.5. The summed E-state index contributed by atoms with van der Waals surface area (Å²) in [4.78, 5) is 12.2. The minimum atomic E-state index is -0.764. The van der Waals surface area contributed by atoms with Gasteiger partial charge in [-0.15, -0.1) is 0 Å². The molecule has 0 bridgehead atoms. The average Bonchev–Trinajstić information content (AvgIpc) is 2.58. The van der Waals surface area contributed by atoms with Crippen molar-refractivity contribution in [3.63, 3.8) is 0 Å². The van der Waals surface area contributed by atoms with Crippen molar-refractivity contribution in [3.8, 4) is 0 Å². The Labute approximate surface area is 99.2 Å². The molecule has 0 spiro atoms. The molecule has 2 rings (SSSR count). The average molecular weight is 238 g/mol. The smallest absolute Gasteiger partial charge is 0.327 e. The summed E-state index contributed by atoms with van der Waals surface area (Å²) >= 11 is 0. The second kappa shape index (κ2) is 4.31. The minimum Gasteiger partial charge on any atom is -0.365 e. The molecule has 17 heavy (non-hydrogen) atoms. The summed E-state index contributed by atoms with van der Waals surface area (Å²) in [5.74, 6) is 0.176. The zero-order chi connectivity index (χ0) is 12.6. The summed E-state index contributed by atoms with van der Waals surface area (Å²) in [6.45, 7) is 5.70. The van der Waals surface area contributed by atoms with Gasteiger partial charge in [-0.25, -0.2) is 0 Å². The molecule has 0 saturated carbocycles. The minimum absolute atomic E-state index is 0.395. The fourth-order valence-electron chi connectivity index (χ4n) is 2.27. The van der Waals surface area contributed by atoms with Crippen LogP contribution >= 0.6 is 0 Å². The van der Waals surface area contributed by atoms with Gasteiger partial charge in [0.25, 0.3) is 0 Å². The Balaban J connectivity index is 2.39. The van der Waals surface area contributed by atoms with Crippen LogP contribution in [0.15, 0.2) is 18.2 Å².